The Morgan fingerprint density at radius 2 is 1.88 bits per heavy atom. The van der Waals surface area contributed by atoms with Crippen LogP contribution in [-0.4, -0.2) is 25.2 Å². The van der Waals surface area contributed by atoms with E-state index in [0.29, 0.717) is 36.1 Å². The Labute approximate surface area is 158 Å². The van der Waals surface area contributed by atoms with Gasteiger partial charge in [-0.1, -0.05) is 22.9 Å². The van der Waals surface area contributed by atoms with Crippen molar-refractivity contribution in [3.8, 4) is 0 Å². The molecule has 1 aliphatic heterocycles. The Kier molecular flexibility index (Phi) is 4.02. The van der Waals surface area contributed by atoms with Crippen molar-refractivity contribution in [3.05, 3.63) is 49.6 Å². The van der Waals surface area contributed by atoms with E-state index >= 15 is 0 Å². The minimum Gasteiger partial charge on any atom is -0.312 e. The molecule has 0 radical (unpaired) electrons. The van der Waals surface area contributed by atoms with Crippen LogP contribution in [0.2, 0.25) is 0 Å². The minimum absolute atomic E-state index is 0.269. The highest BCUT2D eigenvalue weighted by Gasteiger charge is 2.29. The van der Waals surface area contributed by atoms with Crippen molar-refractivity contribution in [3.63, 3.8) is 0 Å². The number of hydrogen-bond donors (Lipinski definition) is 0. The maximum Gasteiger partial charge on any atom is 0.332 e. The summed E-state index contributed by atoms with van der Waals surface area (Å²) in [4.78, 5) is 32.2. The summed E-state index contributed by atoms with van der Waals surface area (Å²) in [5, 5.41) is 0. The number of benzene rings is 1. The predicted octanol–water partition coefficient (Wildman–Crippen LogP) is 2.47. The number of halogens is 1. The van der Waals surface area contributed by atoms with Crippen LogP contribution in [0.5, 0.6) is 0 Å². The number of rotatable bonds is 2. The third-order valence-electron chi connectivity index (χ3n) is 4.90. The van der Waals surface area contributed by atoms with Crippen LogP contribution in [0.15, 0.2) is 38.3 Å². The monoisotopic (exact) mass is 417 g/mol. The van der Waals surface area contributed by atoms with Gasteiger partial charge in [0, 0.05) is 36.8 Å². The van der Waals surface area contributed by atoms with Gasteiger partial charge in [0.1, 0.15) is 0 Å². The van der Waals surface area contributed by atoms with E-state index in [9.17, 15) is 9.59 Å². The summed E-state index contributed by atoms with van der Waals surface area (Å²) in [5.74, 6) is 1.05. The number of aromatic nitrogens is 4. The molecule has 1 aromatic carbocycles. The molecule has 0 saturated carbocycles. The van der Waals surface area contributed by atoms with E-state index in [1.807, 2.05) is 28.8 Å². The summed E-state index contributed by atoms with van der Waals surface area (Å²) in [5.41, 5.74) is 1.35. The lowest BCUT2D eigenvalue weighted by molar-refractivity contribution is 0.458. The first-order chi connectivity index (χ1) is 12.4. The van der Waals surface area contributed by atoms with Crippen LogP contribution in [0.1, 0.15) is 13.8 Å². The molecular formula is C18H20BrN5O2. The zero-order valence-electron chi connectivity index (χ0n) is 14.9. The van der Waals surface area contributed by atoms with Crippen LogP contribution in [0, 0.1) is 5.92 Å². The fraction of sp³-hybridized carbons (Fsp3) is 0.389. The third kappa shape index (κ3) is 2.43. The molecule has 0 spiro atoms. The number of aryl methyl sites for hydroxylation is 1. The molecule has 7 nitrogen and oxygen atoms in total. The molecule has 0 fully saturated rings. The molecule has 136 valence electrons. The Balaban J connectivity index is 2.03. The molecular weight excluding hydrogens is 398 g/mol. The second-order valence-corrected chi connectivity index (χ2v) is 7.69. The molecule has 0 unspecified atom stereocenters. The van der Waals surface area contributed by atoms with E-state index in [2.05, 4.69) is 27.8 Å². The first-order valence-corrected chi connectivity index (χ1v) is 9.44. The van der Waals surface area contributed by atoms with Crippen LogP contribution in [0.3, 0.4) is 0 Å². The largest absolute Gasteiger partial charge is 0.332 e. The molecule has 2 aromatic heterocycles. The van der Waals surface area contributed by atoms with E-state index in [1.54, 1.807) is 14.0 Å². The number of imidazole rings is 1. The first kappa shape index (κ1) is 17.1. The number of anilines is 2. The number of fused-ring (bicyclic) bond motifs is 3. The minimum atomic E-state index is -0.330. The SMILES string of the molecule is CCn1c(=O)c2c(nc3n2C[C@H](C)CN3c2ccc(Br)cc2)n(C)c1=O. The molecule has 8 heteroatoms. The Bertz CT molecular complexity index is 1110. The second-order valence-electron chi connectivity index (χ2n) is 6.78. The summed E-state index contributed by atoms with van der Waals surface area (Å²) in [7, 11) is 1.67. The molecule has 3 aromatic rings. The van der Waals surface area contributed by atoms with Crippen LogP contribution in [-0.2, 0) is 20.1 Å². The van der Waals surface area contributed by atoms with Crippen molar-refractivity contribution in [2.45, 2.75) is 26.9 Å². The van der Waals surface area contributed by atoms with Crippen LogP contribution >= 0.6 is 15.9 Å². The summed E-state index contributed by atoms with van der Waals surface area (Å²) >= 11 is 3.46. The summed E-state index contributed by atoms with van der Waals surface area (Å²) in [6.45, 7) is 5.81. The van der Waals surface area contributed by atoms with Crippen molar-refractivity contribution >= 4 is 38.7 Å². The molecule has 3 heterocycles. The molecule has 0 bridgehead atoms. The first-order valence-electron chi connectivity index (χ1n) is 8.65. The van der Waals surface area contributed by atoms with Crippen molar-refractivity contribution < 1.29 is 0 Å². The molecule has 0 amide bonds. The van der Waals surface area contributed by atoms with E-state index in [1.165, 1.54) is 9.13 Å². The molecule has 26 heavy (non-hydrogen) atoms. The Morgan fingerprint density at radius 3 is 2.54 bits per heavy atom. The Morgan fingerprint density at radius 1 is 1.19 bits per heavy atom. The smallest absolute Gasteiger partial charge is 0.312 e. The van der Waals surface area contributed by atoms with Crippen LogP contribution in [0.4, 0.5) is 11.6 Å². The van der Waals surface area contributed by atoms with Gasteiger partial charge in [-0.2, -0.15) is 4.98 Å². The maximum atomic E-state index is 12.9. The quantitative estimate of drug-likeness (QED) is 0.642. The highest BCUT2D eigenvalue weighted by Crippen LogP contribution is 2.33. The van der Waals surface area contributed by atoms with Gasteiger partial charge in [0.05, 0.1) is 0 Å². The zero-order valence-corrected chi connectivity index (χ0v) is 16.5. The van der Waals surface area contributed by atoms with Gasteiger partial charge in [0.25, 0.3) is 5.56 Å². The van der Waals surface area contributed by atoms with E-state index in [0.717, 1.165) is 16.7 Å². The number of hydrogen-bond acceptors (Lipinski definition) is 4. The fourth-order valence-corrected chi connectivity index (χ4v) is 3.89. The summed E-state index contributed by atoms with van der Waals surface area (Å²) < 4.78 is 5.70. The highest BCUT2D eigenvalue weighted by molar-refractivity contribution is 9.10. The molecule has 4 rings (SSSR count). The maximum absolute atomic E-state index is 12.9. The normalized spacial score (nSPS) is 16.9. The average Bonchev–Trinajstić information content (AvgIpc) is 3.00. The van der Waals surface area contributed by atoms with Gasteiger partial charge in [0.2, 0.25) is 5.95 Å². The average molecular weight is 418 g/mol. The van der Waals surface area contributed by atoms with Gasteiger partial charge in [-0.15, -0.1) is 0 Å². The molecule has 1 aliphatic rings. The van der Waals surface area contributed by atoms with Gasteiger partial charge < -0.3 is 9.47 Å². The lowest BCUT2D eigenvalue weighted by atomic mass is 10.1. The lowest BCUT2D eigenvalue weighted by Crippen LogP contribution is -2.40. The van der Waals surface area contributed by atoms with Gasteiger partial charge in [-0.25, -0.2) is 4.79 Å². The molecule has 0 N–H and O–H groups in total. The topological polar surface area (TPSA) is 65.1 Å². The molecule has 0 aliphatic carbocycles. The highest BCUT2D eigenvalue weighted by atomic mass is 79.9. The third-order valence-corrected chi connectivity index (χ3v) is 5.43. The van der Waals surface area contributed by atoms with Gasteiger partial charge in [0.15, 0.2) is 11.2 Å². The van der Waals surface area contributed by atoms with E-state index < -0.39 is 0 Å². The standard InChI is InChI=1S/C18H20BrN5O2/c1-4-22-16(25)14-15(21(3)18(22)26)20-17-23(9-11(2)10-24(14)17)13-7-5-12(19)6-8-13/h5-8,11H,4,9-10H2,1-3H3/t11-/m1/s1. The van der Waals surface area contributed by atoms with Gasteiger partial charge >= 0.3 is 5.69 Å². The number of nitrogens with zero attached hydrogens (tertiary/aromatic N) is 5. The zero-order chi connectivity index (χ0) is 18.6. The van der Waals surface area contributed by atoms with Gasteiger partial charge in [-0.05, 0) is 37.1 Å². The fourth-order valence-electron chi connectivity index (χ4n) is 3.62. The van der Waals surface area contributed by atoms with E-state index in [4.69, 9.17) is 4.98 Å². The van der Waals surface area contributed by atoms with E-state index in [-0.39, 0.29) is 11.2 Å². The van der Waals surface area contributed by atoms with Crippen molar-refractivity contribution in [2.75, 3.05) is 11.4 Å². The predicted molar refractivity (Wildman–Crippen MR) is 105 cm³/mol. The van der Waals surface area contributed by atoms with Crippen LogP contribution in [0.25, 0.3) is 11.2 Å². The van der Waals surface area contributed by atoms with Crippen molar-refractivity contribution in [1.29, 1.82) is 0 Å². The van der Waals surface area contributed by atoms with Crippen molar-refractivity contribution in [2.24, 2.45) is 13.0 Å². The van der Waals surface area contributed by atoms with Crippen molar-refractivity contribution in [1.82, 2.24) is 18.7 Å². The second kappa shape index (κ2) is 6.12. The summed E-state index contributed by atoms with van der Waals surface area (Å²) in [6.07, 6.45) is 0. The molecule has 1 atom stereocenters. The Hall–Kier alpha value is -2.35. The van der Waals surface area contributed by atoms with Crippen LogP contribution < -0.4 is 16.1 Å². The van der Waals surface area contributed by atoms with Gasteiger partial charge in [-0.3, -0.25) is 13.9 Å². The summed E-state index contributed by atoms with van der Waals surface area (Å²) in [6, 6.07) is 8.02. The lowest BCUT2D eigenvalue weighted by Gasteiger charge is -2.33. The molecule has 0 saturated heterocycles.